The monoisotopic (exact) mass is 339 g/mol. The fraction of sp³-hybridized carbons (Fsp3) is 0.286. The second-order valence-electron chi connectivity index (χ2n) is 5.30. The van der Waals surface area contributed by atoms with E-state index in [9.17, 15) is 14.7 Å². The van der Waals surface area contributed by atoms with Crippen LogP contribution < -0.4 is 0 Å². The van der Waals surface area contributed by atoms with E-state index >= 15 is 0 Å². The zero-order valence-electron chi connectivity index (χ0n) is 11.3. The Hall–Kier alpha value is -1.82. The maximum absolute atomic E-state index is 12.2. The lowest BCUT2D eigenvalue weighted by molar-refractivity contribution is 0.0541. The molecule has 1 aromatic heterocycles. The third-order valence-corrected chi connectivity index (χ3v) is 3.36. The van der Waals surface area contributed by atoms with E-state index in [0.29, 0.717) is 10.9 Å². The van der Waals surface area contributed by atoms with Gasteiger partial charge in [-0.2, -0.15) is 0 Å². The summed E-state index contributed by atoms with van der Waals surface area (Å²) >= 11 is 3.18. The lowest BCUT2D eigenvalue weighted by Crippen LogP contribution is -2.27. The summed E-state index contributed by atoms with van der Waals surface area (Å²) in [5.41, 5.74) is -0.122. The van der Waals surface area contributed by atoms with Gasteiger partial charge in [-0.1, -0.05) is 18.2 Å². The average molecular weight is 340 g/mol. The molecule has 0 radical (unpaired) electrons. The van der Waals surface area contributed by atoms with Gasteiger partial charge in [-0.15, -0.1) is 0 Å². The fourth-order valence-corrected chi connectivity index (χ4v) is 2.62. The Morgan fingerprint density at radius 2 is 1.85 bits per heavy atom. The molecule has 5 nitrogen and oxygen atoms in total. The highest BCUT2D eigenvalue weighted by Gasteiger charge is 2.26. The molecule has 0 aliphatic rings. The summed E-state index contributed by atoms with van der Waals surface area (Å²) in [5.74, 6) is -1.10. The quantitative estimate of drug-likeness (QED) is 0.855. The molecule has 20 heavy (non-hydrogen) atoms. The average Bonchev–Trinajstić information content (AvgIpc) is 2.58. The van der Waals surface area contributed by atoms with Crippen LogP contribution in [0.25, 0.3) is 10.9 Å². The Morgan fingerprint density at radius 1 is 1.25 bits per heavy atom. The lowest BCUT2D eigenvalue weighted by atomic mass is 10.2. The summed E-state index contributed by atoms with van der Waals surface area (Å²) < 4.78 is 6.71. The van der Waals surface area contributed by atoms with Crippen LogP contribution in [0, 0.1) is 0 Å². The van der Waals surface area contributed by atoms with Crippen LogP contribution in [0.4, 0.5) is 4.79 Å². The van der Waals surface area contributed by atoms with E-state index < -0.39 is 17.7 Å². The number of aromatic nitrogens is 1. The smallest absolute Gasteiger partial charge is 0.419 e. The standard InChI is InChI=1S/C14H14BrNO4/c1-14(2,3)20-13(19)16-9-7-5-4-6-8(9)10(11(16)15)12(17)18/h4-7H,1-3H3,(H,17,18). The van der Waals surface area contributed by atoms with Crippen LogP contribution in [0.15, 0.2) is 28.9 Å². The summed E-state index contributed by atoms with van der Waals surface area (Å²) in [4.78, 5) is 23.6. The second-order valence-corrected chi connectivity index (χ2v) is 6.06. The molecule has 2 aromatic rings. The molecule has 0 saturated carbocycles. The molecule has 0 amide bonds. The van der Waals surface area contributed by atoms with Gasteiger partial charge in [-0.3, -0.25) is 0 Å². The molecule has 2 rings (SSSR count). The minimum atomic E-state index is -1.10. The summed E-state index contributed by atoms with van der Waals surface area (Å²) in [7, 11) is 0. The van der Waals surface area contributed by atoms with Crippen molar-refractivity contribution in [3.05, 3.63) is 34.4 Å². The molecule has 106 valence electrons. The highest BCUT2D eigenvalue weighted by atomic mass is 79.9. The molecule has 0 fully saturated rings. The zero-order valence-corrected chi connectivity index (χ0v) is 12.9. The van der Waals surface area contributed by atoms with Gasteiger partial charge in [-0.25, -0.2) is 14.2 Å². The van der Waals surface area contributed by atoms with Crippen LogP contribution in [-0.4, -0.2) is 27.3 Å². The van der Waals surface area contributed by atoms with Gasteiger partial charge in [0.05, 0.1) is 5.52 Å². The van der Waals surface area contributed by atoms with Crippen LogP contribution in [-0.2, 0) is 4.74 Å². The van der Waals surface area contributed by atoms with Crippen molar-refractivity contribution in [3.8, 4) is 0 Å². The van der Waals surface area contributed by atoms with E-state index in [1.807, 2.05) is 0 Å². The normalized spacial score (nSPS) is 11.6. The molecular formula is C14H14BrNO4. The van der Waals surface area contributed by atoms with E-state index in [-0.39, 0.29) is 10.2 Å². The first-order valence-electron chi connectivity index (χ1n) is 5.98. The molecule has 0 bridgehead atoms. The van der Waals surface area contributed by atoms with Crippen molar-refractivity contribution in [2.75, 3.05) is 0 Å². The van der Waals surface area contributed by atoms with Crippen molar-refractivity contribution in [2.24, 2.45) is 0 Å². The Kier molecular flexibility index (Phi) is 3.60. The highest BCUT2D eigenvalue weighted by Crippen LogP contribution is 2.31. The number of hydrogen-bond acceptors (Lipinski definition) is 3. The summed E-state index contributed by atoms with van der Waals surface area (Å²) in [6.07, 6.45) is -0.618. The maximum atomic E-state index is 12.2. The first-order valence-corrected chi connectivity index (χ1v) is 6.77. The summed E-state index contributed by atoms with van der Waals surface area (Å²) in [5, 5.41) is 9.78. The largest absolute Gasteiger partial charge is 0.478 e. The number of nitrogens with zero attached hydrogens (tertiary/aromatic N) is 1. The number of benzene rings is 1. The number of fused-ring (bicyclic) bond motifs is 1. The first kappa shape index (κ1) is 14.6. The number of carbonyl (C=O) groups excluding carboxylic acids is 1. The number of carboxylic acid groups (broad SMARTS) is 1. The number of para-hydroxylation sites is 1. The van der Waals surface area contributed by atoms with Crippen LogP contribution in [0.2, 0.25) is 0 Å². The van der Waals surface area contributed by atoms with Gasteiger partial charge >= 0.3 is 12.1 Å². The highest BCUT2D eigenvalue weighted by molar-refractivity contribution is 9.10. The number of carbonyl (C=O) groups is 2. The van der Waals surface area contributed by atoms with Crippen molar-refractivity contribution in [1.29, 1.82) is 0 Å². The van der Waals surface area contributed by atoms with Gasteiger partial charge in [0.1, 0.15) is 15.8 Å². The fourth-order valence-electron chi connectivity index (χ4n) is 1.90. The molecule has 0 aliphatic heterocycles. The van der Waals surface area contributed by atoms with Crippen molar-refractivity contribution in [2.45, 2.75) is 26.4 Å². The van der Waals surface area contributed by atoms with Gasteiger partial charge in [0.2, 0.25) is 0 Å². The third-order valence-electron chi connectivity index (χ3n) is 2.61. The zero-order chi connectivity index (χ0) is 15.1. The predicted molar refractivity (Wildman–Crippen MR) is 78.2 cm³/mol. The second kappa shape index (κ2) is 4.94. The van der Waals surface area contributed by atoms with E-state index in [0.717, 1.165) is 0 Å². The van der Waals surface area contributed by atoms with Crippen molar-refractivity contribution >= 4 is 38.9 Å². The van der Waals surface area contributed by atoms with Gasteiger partial charge in [-0.05, 0) is 42.8 Å². The molecule has 6 heteroatoms. The van der Waals surface area contributed by atoms with E-state index in [2.05, 4.69) is 15.9 Å². The first-order chi connectivity index (χ1) is 9.22. The lowest BCUT2D eigenvalue weighted by Gasteiger charge is -2.20. The minimum Gasteiger partial charge on any atom is -0.478 e. The topological polar surface area (TPSA) is 68.5 Å². The molecule has 0 unspecified atom stereocenters. The van der Waals surface area contributed by atoms with Gasteiger partial charge in [0.15, 0.2) is 0 Å². The Morgan fingerprint density at radius 3 is 2.40 bits per heavy atom. The van der Waals surface area contributed by atoms with E-state index in [4.69, 9.17) is 4.74 Å². The van der Waals surface area contributed by atoms with Crippen LogP contribution in [0.1, 0.15) is 31.1 Å². The Bertz CT molecular complexity index is 697. The number of halogens is 1. The Balaban J connectivity index is 2.68. The third kappa shape index (κ3) is 2.56. The maximum Gasteiger partial charge on any atom is 0.419 e. The predicted octanol–water partition coefficient (Wildman–Crippen LogP) is 3.89. The van der Waals surface area contributed by atoms with Crippen LogP contribution in [0.3, 0.4) is 0 Å². The summed E-state index contributed by atoms with van der Waals surface area (Å²) in [6, 6.07) is 6.79. The minimum absolute atomic E-state index is 0.0476. The molecule has 0 atom stereocenters. The van der Waals surface area contributed by atoms with Gasteiger partial charge < -0.3 is 9.84 Å². The molecule has 0 saturated heterocycles. The molecule has 1 N–H and O–H groups in total. The van der Waals surface area contributed by atoms with Crippen molar-refractivity contribution in [1.82, 2.24) is 4.57 Å². The molecular weight excluding hydrogens is 326 g/mol. The number of ether oxygens (including phenoxy) is 1. The van der Waals surface area contributed by atoms with Gasteiger partial charge in [0, 0.05) is 5.39 Å². The van der Waals surface area contributed by atoms with Crippen LogP contribution >= 0.6 is 15.9 Å². The van der Waals surface area contributed by atoms with Crippen molar-refractivity contribution < 1.29 is 19.4 Å². The Labute approximate surface area is 124 Å². The number of rotatable bonds is 1. The number of aromatic carboxylic acids is 1. The molecule has 0 spiro atoms. The SMILES string of the molecule is CC(C)(C)OC(=O)n1c(Br)c(C(=O)O)c2ccccc21. The van der Waals surface area contributed by atoms with Crippen LogP contribution in [0.5, 0.6) is 0 Å². The molecule has 1 heterocycles. The molecule has 1 aromatic carbocycles. The van der Waals surface area contributed by atoms with Crippen molar-refractivity contribution in [3.63, 3.8) is 0 Å². The van der Waals surface area contributed by atoms with E-state index in [1.54, 1.807) is 45.0 Å². The summed E-state index contributed by atoms with van der Waals surface area (Å²) in [6.45, 7) is 5.26. The number of hydrogen-bond donors (Lipinski definition) is 1. The van der Waals surface area contributed by atoms with E-state index in [1.165, 1.54) is 4.57 Å². The molecule has 0 aliphatic carbocycles. The van der Waals surface area contributed by atoms with Gasteiger partial charge in [0.25, 0.3) is 0 Å². The number of carboxylic acids is 1.